The van der Waals surface area contributed by atoms with Gasteiger partial charge in [0.25, 0.3) is 0 Å². The highest BCUT2D eigenvalue weighted by molar-refractivity contribution is 7.61. The molecule has 1 saturated heterocycles. The van der Waals surface area contributed by atoms with Gasteiger partial charge in [0.05, 0.1) is 19.3 Å². The van der Waals surface area contributed by atoms with Crippen LogP contribution in [0.4, 0.5) is 5.82 Å². The lowest BCUT2D eigenvalue weighted by Crippen LogP contribution is -2.36. The highest BCUT2D eigenvalue weighted by Gasteiger charge is 2.46. The zero-order chi connectivity index (χ0) is 52.3. The van der Waals surface area contributed by atoms with Crippen molar-refractivity contribution in [2.75, 3.05) is 25.6 Å². The fourth-order valence-electron chi connectivity index (χ4n) is 7.20. The Hall–Kier alpha value is -3.58. The van der Waals surface area contributed by atoms with Crippen LogP contribution in [-0.2, 0) is 46.3 Å². The summed E-state index contributed by atoms with van der Waals surface area (Å²) in [7, 11) is -10.9. The normalized spacial score (nSPS) is 20.2. The lowest BCUT2D eigenvalue weighted by atomic mass is 10.0. The number of esters is 2. The van der Waals surface area contributed by atoms with E-state index in [4.69, 9.17) is 29.0 Å². The van der Waals surface area contributed by atoms with Gasteiger partial charge in [-0.2, -0.15) is 9.29 Å². The van der Waals surface area contributed by atoms with Crippen LogP contribution in [0, 0.1) is 5.92 Å². The van der Waals surface area contributed by atoms with Gasteiger partial charge in [-0.25, -0.2) is 13.9 Å². The minimum Gasteiger partial charge on any atom is -0.462 e. The van der Waals surface area contributed by atoms with Crippen molar-refractivity contribution in [3.05, 3.63) is 83.5 Å². The number of aromatic nitrogens is 2. The second-order valence-electron chi connectivity index (χ2n) is 18.0. The molecular weight excluding hydrogens is 961 g/mol. The summed E-state index contributed by atoms with van der Waals surface area (Å²) in [5.74, 6) is -0.629. The van der Waals surface area contributed by atoms with Crippen LogP contribution >= 0.6 is 15.6 Å². The number of nitrogens with zero attached hydrogens (tertiary/aromatic N) is 2. The molecule has 0 spiro atoms. The average molecular weight is 1040 g/mol. The van der Waals surface area contributed by atoms with E-state index in [1.807, 2.05) is 61.6 Å². The van der Waals surface area contributed by atoms with E-state index >= 15 is 0 Å². The molecule has 0 radical (unpaired) electrons. The van der Waals surface area contributed by atoms with E-state index in [-0.39, 0.29) is 18.7 Å². The summed E-state index contributed by atoms with van der Waals surface area (Å²) < 4.78 is 56.7. The molecule has 0 aliphatic carbocycles. The monoisotopic (exact) mass is 1040 g/mol. The first-order valence-electron chi connectivity index (χ1n) is 25.3. The number of nitrogen functional groups attached to an aromatic ring is 1. The Bertz CT molecular complexity index is 1960. The number of phosphoric acid groups is 2. The second-order valence-corrected chi connectivity index (χ2v) is 21.0. The summed E-state index contributed by atoms with van der Waals surface area (Å²) in [6.45, 7) is 4.15. The van der Waals surface area contributed by atoms with E-state index in [1.54, 1.807) is 6.08 Å². The Morgan fingerprint density at radius 2 is 1.38 bits per heavy atom. The van der Waals surface area contributed by atoms with Gasteiger partial charge < -0.3 is 45.1 Å². The van der Waals surface area contributed by atoms with E-state index in [1.165, 1.54) is 57.4 Å². The largest absolute Gasteiger partial charge is 0.481 e. The number of hydrogen-bond donors (Lipinski definition) is 6. The number of aliphatic hydroxyl groups excluding tert-OH is 3. The van der Waals surface area contributed by atoms with E-state index < -0.39 is 89.8 Å². The molecule has 1 aliphatic heterocycles. The summed E-state index contributed by atoms with van der Waals surface area (Å²) in [5.41, 5.74) is 4.58. The van der Waals surface area contributed by atoms with Gasteiger partial charge in [0.2, 0.25) is 0 Å². The number of anilines is 1. The zero-order valence-electron chi connectivity index (χ0n) is 42.0. The Kier molecular flexibility index (Phi) is 33.3. The smallest absolute Gasteiger partial charge is 0.462 e. The van der Waals surface area contributed by atoms with Crippen LogP contribution in [0.1, 0.15) is 162 Å². The molecule has 2 rings (SSSR count). The molecule has 21 heteroatoms. The van der Waals surface area contributed by atoms with Gasteiger partial charge in [-0.15, -0.1) is 0 Å². The number of aliphatic hydroxyl groups is 3. The molecule has 7 N–H and O–H groups in total. The van der Waals surface area contributed by atoms with Crippen LogP contribution < -0.4 is 11.4 Å². The lowest BCUT2D eigenvalue weighted by Gasteiger charge is -2.21. The fraction of sp³-hybridized carbons (Fsp3) is 0.680. The number of allylic oxidation sites excluding steroid dienone is 8. The van der Waals surface area contributed by atoms with Crippen LogP contribution in [0.25, 0.3) is 0 Å². The van der Waals surface area contributed by atoms with Gasteiger partial charge in [0.15, 0.2) is 12.3 Å². The molecule has 0 aromatic carbocycles. The predicted molar refractivity (Wildman–Crippen MR) is 271 cm³/mol. The number of ether oxygens (including phenoxy) is 3. The maximum Gasteiger partial charge on any atom is 0.481 e. The molecule has 3 unspecified atom stereocenters. The molecular formula is C50H83N3O16P2. The number of nitrogens with two attached hydrogens (primary N) is 1. The topological polar surface area (TPSA) is 286 Å². The van der Waals surface area contributed by atoms with Crippen LogP contribution in [0.5, 0.6) is 0 Å². The number of carbonyl (C=O) groups excluding carboxylic acids is 2. The van der Waals surface area contributed by atoms with E-state index in [2.05, 4.69) is 23.1 Å². The Morgan fingerprint density at radius 3 is 2.03 bits per heavy atom. The lowest BCUT2D eigenvalue weighted by molar-refractivity contribution is -0.161. The van der Waals surface area contributed by atoms with Crippen molar-refractivity contribution in [2.24, 2.45) is 5.92 Å². The number of unbranched alkanes of at least 4 members (excludes halogenated alkanes) is 12. The van der Waals surface area contributed by atoms with Crippen LogP contribution in [0.3, 0.4) is 0 Å². The fourth-order valence-corrected chi connectivity index (χ4v) is 9.31. The second kappa shape index (κ2) is 37.2. The molecule has 1 aliphatic rings. The summed E-state index contributed by atoms with van der Waals surface area (Å²) in [6.07, 6.45) is 30.9. The maximum absolute atomic E-state index is 12.9. The van der Waals surface area contributed by atoms with Crippen molar-refractivity contribution in [2.45, 2.75) is 192 Å². The van der Waals surface area contributed by atoms with Crippen molar-refractivity contribution in [3.8, 4) is 0 Å². The maximum atomic E-state index is 12.9. The van der Waals surface area contributed by atoms with E-state index in [0.29, 0.717) is 32.1 Å². The van der Waals surface area contributed by atoms with Crippen LogP contribution in [0.15, 0.2) is 77.8 Å². The SMILES string of the molecule is CC/C=C\C(O)C/C=C/C=C\C/C=C\C/C=C\CCCC(=O)OC[C@H](COP(=O)(O)OP(=O)(O)OC[C@H]1O[C@@H](n2ccc(N)nc2=O)[C@H](O)[C@@H]1O)OC(=O)CCCCCCCCCCCCCCC(C)C. The van der Waals surface area contributed by atoms with Crippen LogP contribution in [0.2, 0.25) is 0 Å². The van der Waals surface area contributed by atoms with Gasteiger partial charge >= 0.3 is 33.3 Å². The Labute approximate surface area is 420 Å². The van der Waals surface area contributed by atoms with Gasteiger partial charge in [0.1, 0.15) is 30.7 Å². The van der Waals surface area contributed by atoms with Crippen molar-refractivity contribution in [3.63, 3.8) is 0 Å². The number of phosphoric ester groups is 2. The van der Waals surface area contributed by atoms with Gasteiger partial charge in [-0.3, -0.25) is 23.2 Å². The summed E-state index contributed by atoms with van der Waals surface area (Å²) in [4.78, 5) is 61.9. The van der Waals surface area contributed by atoms with Gasteiger partial charge in [-0.1, -0.05) is 159 Å². The highest BCUT2D eigenvalue weighted by Crippen LogP contribution is 2.60. The molecule has 19 nitrogen and oxygen atoms in total. The molecule has 0 amide bonds. The van der Waals surface area contributed by atoms with Crippen molar-refractivity contribution in [1.29, 1.82) is 0 Å². The van der Waals surface area contributed by atoms with Crippen molar-refractivity contribution in [1.82, 2.24) is 9.55 Å². The third kappa shape index (κ3) is 30.9. The molecule has 2 heterocycles. The van der Waals surface area contributed by atoms with Crippen molar-refractivity contribution < 1.29 is 71.4 Å². The highest BCUT2D eigenvalue weighted by atomic mass is 31.3. The number of rotatable bonds is 40. The molecule has 404 valence electrons. The predicted octanol–water partition coefficient (Wildman–Crippen LogP) is 9.16. The summed E-state index contributed by atoms with van der Waals surface area (Å²) in [6, 6.07) is 1.24. The standard InChI is InChI=1S/C50H83N3O16P2/c1-4-5-31-41(54)32-27-23-19-15-11-7-9-12-16-20-24-28-33-45(55)64-37-42(67-46(56)34-29-25-21-17-13-8-6-10-14-18-22-26-30-40(2)3)38-65-70(60,61)69-71(62,63)66-39-43-47(57)48(58)49(68-43)53-36-35-44(51)52-50(53)59/h5,7,9,15-16,19-20,23,27,31,35-36,40-43,47-49,54,57-58H,4,6,8,10-14,17-18,21-22,24-26,28-30,32-34,37-39H2,1-3H3,(H,60,61)(H,62,63)(H2,51,52,59)/b9-7-,19-15-,20-16-,27-23+,31-5-/t41?,42-,43-,47-,48-,49-/m1/s1. The molecule has 1 aromatic rings. The first kappa shape index (κ1) is 63.5. The molecule has 0 bridgehead atoms. The molecule has 71 heavy (non-hydrogen) atoms. The third-order valence-corrected chi connectivity index (χ3v) is 13.7. The van der Waals surface area contributed by atoms with E-state index in [9.17, 15) is 48.6 Å². The quantitative estimate of drug-likeness (QED) is 0.0117. The van der Waals surface area contributed by atoms with Crippen LogP contribution in [-0.4, -0.2) is 96.9 Å². The molecule has 1 fully saturated rings. The Morgan fingerprint density at radius 1 is 0.789 bits per heavy atom. The van der Waals surface area contributed by atoms with Gasteiger partial charge in [0, 0.05) is 19.0 Å². The van der Waals surface area contributed by atoms with Gasteiger partial charge in [-0.05, 0) is 56.9 Å². The van der Waals surface area contributed by atoms with E-state index in [0.717, 1.165) is 55.2 Å². The zero-order valence-corrected chi connectivity index (χ0v) is 43.8. The third-order valence-electron chi connectivity index (χ3n) is 11.1. The summed E-state index contributed by atoms with van der Waals surface area (Å²) >= 11 is 0. The average Bonchev–Trinajstić information content (AvgIpc) is 3.59. The number of hydrogen-bond acceptors (Lipinski definition) is 16. The van der Waals surface area contributed by atoms with Crippen molar-refractivity contribution >= 4 is 33.4 Å². The minimum absolute atomic E-state index is 0.0289. The first-order chi connectivity index (χ1) is 33.9. The molecule has 1 aromatic heterocycles. The molecule has 0 saturated carbocycles. The minimum atomic E-state index is -5.44. The molecule has 8 atom stereocenters. The first-order valence-corrected chi connectivity index (χ1v) is 28.3. The summed E-state index contributed by atoms with van der Waals surface area (Å²) in [5, 5.41) is 30.7. The Balaban J connectivity index is 1.83. The number of carbonyl (C=O) groups is 2.